The normalized spacial score (nSPS) is 16.9. The molecule has 18 heavy (non-hydrogen) atoms. The monoisotopic (exact) mass is 269 g/mol. The Morgan fingerprint density at radius 1 is 1.39 bits per heavy atom. The summed E-state index contributed by atoms with van der Waals surface area (Å²) in [4.78, 5) is 20.2. The van der Waals surface area contributed by atoms with Gasteiger partial charge in [-0.3, -0.25) is 9.69 Å². The molecule has 0 aromatic carbocycles. The van der Waals surface area contributed by atoms with Crippen LogP contribution in [-0.2, 0) is 11.2 Å². The van der Waals surface area contributed by atoms with E-state index >= 15 is 0 Å². The summed E-state index contributed by atoms with van der Waals surface area (Å²) >= 11 is 1.47. The first-order chi connectivity index (χ1) is 8.72. The molecule has 1 aromatic rings. The molecule has 1 N–H and O–H groups in total. The second kappa shape index (κ2) is 6.10. The molecule has 0 saturated carbocycles. The average molecular weight is 269 g/mol. The van der Waals surface area contributed by atoms with Gasteiger partial charge in [-0.05, 0) is 0 Å². The topological polar surface area (TPSA) is 61.4 Å². The van der Waals surface area contributed by atoms with E-state index in [1.165, 1.54) is 11.5 Å². The van der Waals surface area contributed by atoms with Gasteiger partial charge in [-0.15, -0.1) is 0 Å². The lowest BCUT2D eigenvalue weighted by Gasteiger charge is -2.33. The van der Waals surface area contributed by atoms with Gasteiger partial charge in [0.1, 0.15) is 5.82 Å². The van der Waals surface area contributed by atoms with Crippen molar-refractivity contribution in [2.24, 2.45) is 0 Å². The number of rotatable bonds is 4. The summed E-state index contributed by atoms with van der Waals surface area (Å²) in [6.07, 6.45) is 0.882. The predicted molar refractivity (Wildman–Crippen MR) is 72.0 cm³/mol. The Morgan fingerprint density at radius 2 is 2.11 bits per heavy atom. The highest BCUT2D eigenvalue weighted by molar-refractivity contribution is 7.09. The van der Waals surface area contributed by atoms with Crippen LogP contribution < -0.4 is 10.2 Å². The maximum Gasteiger partial charge on any atom is 0.233 e. The summed E-state index contributed by atoms with van der Waals surface area (Å²) in [7, 11) is 1.67. The van der Waals surface area contributed by atoms with Crippen molar-refractivity contribution in [1.82, 2.24) is 19.6 Å². The van der Waals surface area contributed by atoms with E-state index in [1.807, 2.05) is 0 Å². The van der Waals surface area contributed by atoms with Gasteiger partial charge in [0.2, 0.25) is 11.0 Å². The van der Waals surface area contributed by atoms with E-state index in [0.717, 1.165) is 43.6 Å². The van der Waals surface area contributed by atoms with E-state index in [1.54, 1.807) is 7.05 Å². The SMILES string of the molecule is CCc1nsc(N2CCN(CC(=O)NC)CC2)n1. The van der Waals surface area contributed by atoms with Crippen LogP contribution in [0.3, 0.4) is 0 Å². The molecule has 1 saturated heterocycles. The lowest BCUT2D eigenvalue weighted by Crippen LogP contribution is -2.49. The molecule has 1 amide bonds. The molecule has 2 heterocycles. The Bertz CT molecular complexity index is 400. The van der Waals surface area contributed by atoms with Crippen molar-refractivity contribution < 1.29 is 4.79 Å². The van der Waals surface area contributed by atoms with Gasteiger partial charge in [0.05, 0.1) is 6.54 Å². The Balaban J connectivity index is 1.84. The number of piperazine rings is 1. The summed E-state index contributed by atoms with van der Waals surface area (Å²) in [6, 6.07) is 0. The molecule has 1 aliphatic rings. The maximum absolute atomic E-state index is 11.3. The van der Waals surface area contributed by atoms with Crippen LogP contribution >= 0.6 is 11.5 Å². The number of carbonyl (C=O) groups excluding carboxylic acids is 1. The number of nitrogens with one attached hydrogen (secondary N) is 1. The first kappa shape index (κ1) is 13.2. The quantitative estimate of drug-likeness (QED) is 0.831. The smallest absolute Gasteiger partial charge is 0.233 e. The van der Waals surface area contributed by atoms with Crippen molar-refractivity contribution in [2.75, 3.05) is 44.7 Å². The second-order valence-corrected chi connectivity index (χ2v) is 5.01. The number of anilines is 1. The third-order valence-electron chi connectivity index (χ3n) is 3.06. The lowest BCUT2D eigenvalue weighted by molar-refractivity contribution is -0.121. The van der Waals surface area contributed by atoms with Crippen molar-refractivity contribution >= 4 is 22.6 Å². The van der Waals surface area contributed by atoms with Crippen molar-refractivity contribution in [3.8, 4) is 0 Å². The van der Waals surface area contributed by atoms with Gasteiger partial charge < -0.3 is 10.2 Å². The van der Waals surface area contributed by atoms with Gasteiger partial charge in [0.15, 0.2) is 0 Å². The molecular formula is C11H19N5OS. The largest absolute Gasteiger partial charge is 0.358 e. The Morgan fingerprint density at radius 3 is 2.67 bits per heavy atom. The van der Waals surface area contributed by atoms with E-state index in [0.29, 0.717) is 6.54 Å². The van der Waals surface area contributed by atoms with Crippen LogP contribution in [0.1, 0.15) is 12.7 Å². The predicted octanol–water partition coefficient (Wildman–Crippen LogP) is -0.0315. The van der Waals surface area contributed by atoms with E-state index < -0.39 is 0 Å². The number of hydrogen-bond acceptors (Lipinski definition) is 6. The molecule has 2 rings (SSSR count). The molecule has 0 aliphatic carbocycles. The lowest BCUT2D eigenvalue weighted by atomic mass is 10.3. The van der Waals surface area contributed by atoms with Gasteiger partial charge >= 0.3 is 0 Å². The summed E-state index contributed by atoms with van der Waals surface area (Å²) in [5, 5.41) is 3.66. The van der Waals surface area contributed by atoms with Crippen LogP contribution in [0, 0.1) is 0 Å². The van der Waals surface area contributed by atoms with Crippen LogP contribution in [0.4, 0.5) is 5.13 Å². The molecule has 0 bridgehead atoms. The first-order valence-electron chi connectivity index (χ1n) is 6.23. The van der Waals surface area contributed by atoms with E-state index in [2.05, 4.69) is 31.4 Å². The number of amides is 1. The van der Waals surface area contributed by atoms with E-state index in [4.69, 9.17) is 0 Å². The van der Waals surface area contributed by atoms with Gasteiger partial charge in [0, 0.05) is 51.2 Å². The van der Waals surface area contributed by atoms with Crippen molar-refractivity contribution in [3.63, 3.8) is 0 Å². The minimum absolute atomic E-state index is 0.0765. The molecule has 1 fully saturated rings. The van der Waals surface area contributed by atoms with Crippen molar-refractivity contribution in [2.45, 2.75) is 13.3 Å². The van der Waals surface area contributed by atoms with Crippen LogP contribution in [0.15, 0.2) is 0 Å². The number of likely N-dealkylation sites (N-methyl/N-ethyl adjacent to an activating group) is 1. The zero-order chi connectivity index (χ0) is 13.0. The fraction of sp³-hybridized carbons (Fsp3) is 0.727. The number of aromatic nitrogens is 2. The fourth-order valence-electron chi connectivity index (χ4n) is 1.90. The summed E-state index contributed by atoms with van der Waals surface area (Å²) < 4.78 is 4.30. The maximum atomic E-state index is 11.3. The Kier molecular flexibility index (Phi) is 4.48. The average Bonchev–Trinajstić information content (AvgIpc) is 2.88. The first-order valence-corrected chi connectivity index (χ1v) is 7.00. The van der Waals surface area contributed by atoms with Gasteiger partial charge in [0.25, 0.3) is 0 Å². The Hall–Kier alpha value is -1.21. The number of carbonyl (C=O) groups is 1. The second-order valence-electron chi connectivity index (χ2n) is 4.28. The molecule has 1 aliphatic heterocycles. The molecule has 0 atom stereocenters. The summed E-state index contributed by atoms with van der Waals surface area (Å²) in [6.45, 7) is 6.17. The molecule has 0 unspecified atom stereocenters. The van der Waals surface area contributed by atoms with Gasteiger partial charge in [-0.25, -0.2) is 4.98 Å². The van der Waals surface area contributed by atoms with Crippen LogP contribution in [0.5, 0.6) is 0 Å². The molecule has 7 heteroatoms. The molecular weight excluding hydrogens is 250 g/mol. The van der Waals surface area contributed by atoms with Crippen molar-refractivity contribution in [1.29, 1.82) is 0 Å². The number of nitrogens with zero attached hydrogens (tertiary/aromatic N) is 4. The molecule has 6 nitrogen and oxygen atoms in total. The molecule has 1 aromatic heterocycles. The zero-order valence-corrected chi connectivity index (χ0v) is 11.7. The highest BCUT2D eigenvalue weighted by Gasteiger charge is 2.20. The third kappa shape index (κ3) is 3.17. The van der Waals surface area contributed by atoms with Crippen LogP contribution in [-0.4, -0.2) is 59.9 Å². The van der Waals surface area contributed by atoms with Gasteiger partial charge in [-0.2, -0.15) is 4.37 Å². The third-order valence-corrected chi connectivity index (χ3v) is 3.88. The van der Waals surface area contributed by atoms with Crippen molar-refractivity contribution in [3.05, 3.63) is 5.82 Å². The van der Waals surface area contributed by atoms with Crippen LogP contribution in [0.2, 0.25) is 0 Å². The Labute approximate surface area is 111 Å². The molecule has 0 radical (unpaired) electrons. The zero-order valence-electron chi connectivity index (χ0n) is 10.8. The minimum Gasteiger partial charge on any atom is -0.358 e. The summed E-state index contributed by atoms with van der Waals surface area (Å²) in [5.41, 5.74) is 0. The van der Waals surface area contributed by atoms with Crippen LogP contribution in [0.25, 0.3) is 0 Å². The standard InChI is InChI=1S/C11H19N5OS/c1-3-9-13-11(18-14-9)16-6-4-15(5-7-16)8-10(17)12-2/h3-8H2,1-2H3,(H,12,17). The van der Waals surface area contributed by atoms with E-state index in [-0.39, 0.29) is 5.91 Å². The number of aryl methyl sites for hydroxylation is 1. The summed E-state index contributed by atoms with van der Waals surface area (Å²) in [5.74, 6) is 0.996. The minimum atomic E-state index is 0.0765. The highest BCUT2D eigenvalue weighted by atomic mass is 32.1. The van der Waals surface area contributed by atoms with Gasteiger partial charge in [-0.1, -0.05) is 6.92 Å². The number of hydrogen-bond donors (Lipinski definition) is 1. The molecule has 100 valence electrons. The fourth-order valence-corrected chi connectivity index (χ4v) is 2.70. The molecule has 0 spiro atoms. The highest BCUT2D eigenvalue weighted by Crippen LogP contribution is 2.18. The van der Waals surface area contributed by atoms with E-state index in [9.17, 15) is 4.79 Å².